The number of hydrogen-bond donors (Lipinski definition) is 1. The maximum Gasteiger partial charge on any atom is 0.308 e. The zero-order valence-corrected chi connectivity index (χ0v) is 19.4. The van der Waals surface area contributed by atoms with Crippen LogP contribution in [0.1, 0.15) is 40.0 Å². The Bertz CT molecular complexity index is 1090. The van der Waals surface area contributed by atoms with Crippen LogP contribution >= 0.6 is 0 Å². The Morgan fingerprint density at radius 2 is 1.94 bits per heavy atom. The number of ether oxygens (including phenoxy) is 4. The highest BCUT2D eigenvalue weighted by atomic mass is 16.6. The van der Waals surface area contributed by atoms with Crippen molar-refractivity contribution in [3.63, 3.8) is 0 Å². The summed E-state index contributed by atoms with van der Waals surface area (Å²) in [5.41, 5.74) is 1.21. The molecule has 4 rings (SSSR count). The van der Waals surface area contributed by atoms with E-state index in [1.54, 1.807) is 54.4 Å². The van der Waals surface area contributed by atoms with Crippen molar-refractivity contribution in [1.82, 2.24) is 4.90 Å². The molecule has 0 spiro atoms. The van der Waals surface area contributed by atoms with Gasteiger partial charge in [-0.1, -0.05) is 12.1 Å². The number of likely N-dealkylation sites (N-methyl/N-ethyl adjacent to an activating group) is 1. The van der Waals surface area contributed by atoms with Crippen molar-refractivity contribution in [2.24, 2.45) is 0 Å². The van der Waals surface area contributed by atoms with E-state index >= 15 is 0 Å². The number of hydrogen-bond acceptors (Lipinski definition) is 7. The van der Waals surface area contributed by atoms with E-state index in [0.717, 1.165) is 0 Å². The molecule has 0 aliphatic carbocycles. The first-order chi connectivity index (χ1) is 16.4. The number of fused-ring (bicyclic) bond motifs is 2. The number of benzene rings is 2. The standard InChI is InChI=1S/C25H28N2O7/c1-27-19-10-9-16(13-23(28)32-3)34-22(19)14-33-21-11-8-15(12-18(21)25(27)30)26-24(29)17-6-4-5-7-20(17)31-2/h4-8,11-12,16,19,22H,9-10,13-14H2,1-3H3,(H,26,29)/t16-,19+,22-/m1/s1. The Labute approximate surface area is 197 Å². The second-order valence-electron chi connectivity index (χ2n) is 8.31. The largest absolute Gasteiger partial charge is 0.496 e. The molecule has 9 nitrogen and oxygen atoms in total. The Hall–Kier alpha value is -3.59. The number of rotatable bonds is 5. The zero-order valence-electron chi connectivity index (χ0n) is 19.4. The van der Waals surface area contributed by atoms with E-state index in [0.29, 0.717) is 41.2 Å². The minimum absolute atomic E-state index is 0.170. The predicted octanol–water partition coefficient (Wildman–Crippen LogP) is 2.89. The van der Waals surface area contributed by atoms with Crippen molar-refractivity contribution >= 4 is 23.5 Å². The SMILES string of the molecule is COC(=O)C[C@H]1CC[C@H]2[C@@H](COc3ccc(NC(=O)c4ccccc4OC)cc3C(=O)N2C)O1. The highest BCUT2D eigenvalue weighted by Gasteiger charge is 2.39. The fourth-order valence-corrected chi connectivity index (χ4v) is 4.41. The van der Waals surface area contributed by atoms with Crippen LogP contribution in [0, 0.1) is 0 Å². The second kappa shape index (κ2) is 10.1. The van der Waals surface area contributed by atoms with Gasteiger partial charge < -0.3 is 29.2 Å². The van der Waals surface area contributed by atoms with Gasteiger partial charge in [0.15, 0.2) is 0 Å². The summed E-state index contributed by atoms with van der Waals surface area (Å²) < 4.78 is 22.1. The lowest BCUT2D eigenvalue weighted by molar-refractivity contribution is -0.151. The smallest absolute Gasteiger partial charge is 0.308 e. The molecule has 0 aromatic heterocycles. The lowest BCUT2D eigenvalue weighted by Gasteiger charge is -2.42. The lowest BCUT2D eigenvalue weighted by atomic mass is 9.94. The molecule has 180 valence electrons. The Morgan fingerprint density at radius 3 is 2.71 bits per heavy atom. The van der Waals surface area contributed by atoms with Crippen LogP contribution in [0.5, 0.6) is 11.5 Å². The topological polar surface area (TPSA) is 103 Å². The first kappa shape index (κ1) is 23.6. The van der Waals surface area contributed by atoms with E-state index in [2.05, 4.69) is 5.32 Å². The van der Waals surface area contributed by atoms with E-state index < -0.39 is 0 Å². The van der Waals surface area contributed by atoms with Gasteiger partial charge >= 0.3 is 5.97 Å². The van der Waals surface area contributed by atoms with Crippen LogP contribution in [-0.4, -0.2) is 68.8 Å². The number of para-hydroxylation sites is 1. The predicted molar refractivity (Wildman–Crippen MR) is 123 cm³/mol. The maximum absolute atomic E-state index is 13.3. The van der Waals surface area contributed by atoms with Gasteiger partial charge in [0.25, 0.3) is 11.8 Å². The molecule has 2 aliphatic rings. The van der Waals surface area contributed by atoms with E-state index in [1.165, 1.54) is 14.2 Å². The highest BCUT2D eigenvalue weighted by molar-refractivity contribution is 6.07. The molecule has 34 heavy (non-hydrogen) atoms. The summed E-state index contributed by atoms with van der Waals surface area (Å²) in [6.45, 7) is 0.236. The Kier molecular flexibility index (Phi) is 7.02. The van der Waals surface area contributed by atoms with Crippen molar-refractivity contribution in [2.45, 2.75) is 37.5 Å². The minimum atomic E-state index is -0.365. The van der Waals surface area contributed by atoms with Gasteiger partial charge in [-0.15, -0.1) is 0 Å². The molecule has 3 atom stereocenters. The van der Waals surface area contributed by atoms with E-state index in [4.69, 9.17) is 18.9 Å². The molecule has 0 unspecified atom stereocenters. The van der Waals surface area contributed by atoms with Crippen LogP contribution in [-0.2, 0) is 14.3 Å². The molecule has 2 aromatic carbocycles. The van der Waals surface area contributed by atoms with Crippen LogP contribution < -0.4 is 14.8 Å². The zero-order chi connectivity index (χ0) is 24.2. The number of carbonyl (C=O) groups excluding carboxylic acids is 3. The Balaban J connectivity index is 1.53. The monoisotopic (exact) mass is 468 g/mol. The quantitative estimate of drug-likeness (QED) is 0.673. The third-order valence-corrected chi connectivity index (χ3v) is 6.24. The highest BCUT2D eigenvalue weighted by Crippen LogP contribution is 2.33. The first-order valence-corrected chi connectivity index (χ1v) is 11.1. The fourth-order valence-electron chi connectivity index (χ4n) is 4.41. The first-order valence-electron chi connectivity index (χ1n) is 11.1. The van der Waals surface area contributed by atoms with Gasteiger partial charge in [0.2, 0.25) is 0 Å². The van der Waals surface area contributed by atoms with Crippen LogP contribution in [0.4, 0.5) is 5.69 Å². The Morgan fingerprint density at radius 1 is 1.15 bits per heavy atom. The summed E-state index contributed by atoms with van der Waals surface area (Å²) in [6, 6.07) is 11.7. The summed E-state index contributed by atoms with van der Waals surface area (Å²) in [7, 11) is 4.59. The van der Waals surface area contributed by atoms with Crippen molar-refractivity contribution in [3.05, 3.63) is 53.6 Å². The van der Waals surface area contributed by atoms with Crippen molar-refractivity contribution < 1.29 is 33.3 Å². The lowest BCUT2D eigenvalue weighted by Crippen LogP contribution is -2.53. The van der Waals surface area contributed by atoms with Crippen LogP contribution in [0.15, 0.2) is 42.5 Å². The molecule has 1 fully saturated rings. The molecular weight excluding hydrogens is 440 g/mol. The molecule has 0 bridgehead atoms. The number of anilines is 1. The van der Waals surface area contributed by atoms with Crippen molar-refractivity contribution in [3.8, 4) is 11.5 Å². The summed E-state index contributed by atoms with van der Waals surface area (Å²) >= 11 is 0. The number of nitrogens with one attached hydrogen (secondary N) is 1. The molecule has 2 aliphatic heterocycles. The molecule has 2 heterocycles. The molecule has 0 saturated carbocycles. The third kappa shape index (κ3) is 4.84. The summed E-state index contributed by atoms with van der Waals surface area (Å²) in [4.78, 5) is 39.4. The molecule has 2 amide bonds. The average molecular weight is 469 g/mol. The van der Waals surface area contributed by atoms with Gasteiger partial charge in [0, 0.05) is 12.7 Å². The molecule has 9 heteroatoms. The van der Waals surface area contributed by atoms with Gasteiger partial charge in [-0.2, -0.15) is 0 Å². The number of methoxy groups -OCH3 is 2. The van der Waals surface area contributed by atoms with E-state index in [-0.39, 0.29) is 49.1 Å². The molecule has 1 saturated heterocycles. The normalized spacial score (nSPS) is 21.8. The number of carbonyl (C=O) groups is 3. The fraction of sp³-hybridized carbons (Fsp3) is 0.400. The van der Waals surface area contributed by atoms with Gasteiger partial charge in [0.05, 0.1) is 43.9 Å². The van der Waals surface area contributed by atoms with Crippen LogP contribution in [0.25, 0.3) is 0 Å². The van der Waals surface area contributed by atoms with Crippen LogP contribution in [0.3, 0.4) is 0 Å². The molecule has 1 N–H and O–H groups in total. The van der Waals surface area contributed by atoms with Gasteiger partial charge in [0.1, 0.15) is 24.2 Å². The maximum atomic E-state index is 13.3. The average Bonchev–Trinajstić information content (AvgIpc) is 2.86. The van der Waals surface area contributed by atoms with Gasteiger partial charge in [-0.3, -0.25) is 14.4 Å². The number of nitrogens with zero attached hydrogens (tertiary/aromatic N) is 1. The van der Waals surface area contributed by atoms with Crippen molar-refractivity contribution in [1.29, 1.82) is 0 Å². The summed E-state index contributed by atoms with van der Waals surface area (Å²) in [5, 5.41) is 2.83. The van der Waals surface area contributed by atoms with Gasteiger partial charge in [-0.05, 0) is 43.2 Å². The van der Waals surface area contributed by atoms with E-state index in [1.807, 2.05) is 0 Å². The number of amides is 2. The number of esters is 1. The third-order valence-electron chi connectivity index (χ3n) is 6.24. The molecule has 0 radical (unpaired) electrons. The second-order valence-corrected chi connectivity index (χ2v) is 8.31. The van der Waals surface area contributed by atoms with Crippen molar-refractivity contribution in [2.75, 3.05) is 33.2 Å². The molecular formula is C25H28N2O7. The molecule has 2 aromatic rings. The van der Waals surface area contributed by atoms with Crippen LogP contribution in [0.2, 0.25) is 0 Å². The summed E-state index contributed by atoms with van der Waals surface area (Å²) in [5.74, 6) is -0.0355. The van der Waals surface area contributed by atoms with E-state index in [9.17, 15) is 14.4 Å². The van der Waals surface area contributed by atoms with Gasteiger partial charge in [-0.25, -0.2) is 0 Å². The minimum Gasteiger partial charge on any atom is -0.496 e. The summed E-state index contributed by atoms with van der Waals surface area (Å²) in [6.07, 6.45) is 0.846.